The van der Waals surface area contributed by atoms with Gasteiger partial charge in [-0.2, -0.15) is 14.9 Å². The Morgan fingerprint density at radius 1 is 1.11 bits per heavy atom. The van der Waals surface area contributed by atoms with Crippen LogP contribution in [0.4, 0.5) is 15.9 Å². The number of carbonyl (C=O) groups is 1. The van der Waals surface area contributed by atoms with Crippen LogP contribution < -0.4 is 5.32 Å². The first-order valence-electron chi connectivity index (χ1n) is 10.1. The molecule has 174 valence electrons. The van der Waals surface area contributed by atoms with Gasteiger partial charge in [-0.15, -0.1) is 0 Å². The topological polar surface area (TPSA) is 134 Å². The van der Waals surface area contributed by atoms with Crippen LogP contribution in [-0.4, -0.2) is 40.4 Å². The molecule has 11 nitrogen and oxygen atoms in total. The highest BCUT2D eigenvalue weighted by Crippen LogP contribution is 2.27. The molecule has 3 aromatic heterocycles. The molecule has 2 aromatic carbocycles. The molecule has 5 aromatic rings. The van der Waals surface area contributed by atoms with Crippen molar-refractivity contribution >= 4 is 40.0 Å². The quantitative estimate of drug-likeness (QED) is 0.286. The smallest absolute Gasteiger partial charge is 0.282 e. The Balaban J connectivity index is 1.57. The number of fused-ring (bicyclic) bond motifs is 1. The second-order valence-corrected chi connectivity index (χ2v) is 7.86. The van der Waals surface area contributed by atoms with Gasteiger partial charge in [-0.3, -0.25) is 14.9 Å². The van der Waals surface area contributed by atoms with Crippen LogP contribution in [0, 0.1) is 22.9 Å². The van der Waals surface area contributed by atoms with E-state index in [9.17, 15) is 19.3 Å². The van der Waals surface area contributed by atoms with E-state index in [0.29, 0.717) is 28.2 Å². The monoisotopic (exact) mass is 492 g/mol. The minimum Gasteiger partial charge on any atom is -0.306 e. The Morgan fingerprint density at radius 2 is 1.89 bits per heavy atom. The maximum Gasteiger partial charge on any atom is 0.282 e. The predicted molar refractivity (Wildman–Crippen MR) is 125 cm³/mol. The van der Waals surface area contributed by atoms with Crippen LogP contribution in [0.25, 0.3) is 22.5 Å². The highest BCUT2D eigenvalue weighted by atomic mass is 35.5. The summed E-state index contributed by atoms with van der Waals surface area (Å²) in [6.45, 7) is 1.72. The van der Waals surface area contributed by atoms with Crippen molar-refractivity contribution in [3.05, 3.63) is 93.3 Å². The minimum absolute atomic E-state index is 0.177. The standard InChI is InChI=1S/C22H14ClFN8O3/c1-12-8-19(28-22(33)16-9-13(23)2-7-18(16)32(34)35)31(29-12)21-17-10-27-30(20(17)25-11-26-21)15-5-3-14(24)4-6-15/h2-11H,1H3,(H,28,33). The molecule has 1 N–H and O–H groups in total. The molecular weight excluding hydrogens is 479 g/mol. The molecule has 35 heavy (non-hydrogen) atoms. The second-order valence-electron chi connectivity index (χ2n) is 7.42. The number of aromatic nitrogens is 6. The van der Waals surface area contributed by atoms with E-state index in [2.05, 4.69) is 25.5 Å². The zero-order chi connectivity index (χ0) is 24.7. The van der Waals surface area contributed by atoms with E-state index in [0.717, 1.165) is 6.07 Å². The summed E-state index contributed by atoms with van der Waals surface area (Å²) < 4.78 is 16.2. The summed E-state index contributed by atoms with van der Waals surface area (Å²) in [5.41, 5.74) is 0.977. The molecule has 0 spiro atoms. The predicted octanol–water partition coefficient (Wildman–Crippen LogP) is 4.26. The second kappa shape index (κ2) is 8.57. The number of benzene rings is 2. The number of nitro benzene ring substituents is 1. The zero-order valence-corrected chi connectivity index (χ0v) is 18.6. The molecule has 0 radical (unpaired) electrons. The maximum absolute atomic E-state index is 13.3. The minimum atomic E-state index is -0.743. The van der Waals surface area contributed by atoms with Gasteiger partial charge in [0.15, 0.2) is 11.5 Å². The van der Waals surface area contributed by atoms with Crippen molar-refractivity contribution in [1.29, 1.82) is 0 Å². The molecule has 5 rings (SSSR count). The van der Waals surface area contributed by atoms with E-state index in [1.54, 1.807) is 25.1 Å². The van der Waals surface area contributed by atoms with Gasteiger partial charge in [-0.1, -0.05) is 11.6 Å². The lowest BCUT2D eigenvalue weighted by Gasteiger charge is -2.10. The fourth-order valence-corrected chi connectivity index (χ4v) is 3.73. The molecule has 13 heteroatoms. The number of nitrogens with zero attached hydrogens (tertiary/aromatic N) is 7. The van der Waals surface area contributed by atoms with E-state index < -0.39 is 10.8 Å². The van der Waals surface area contributed by atoms with Crippen LogP contribution in [0.5, 0.6) is 0 Å². The van der Waals surface area contributed by atoms with Gasteiger partial charge >= 0.3 is 0 Å². The van der Waals surface area contributed by atoms with Gasteiger partial charge in [-0.25, -0.2) is 19.0 Å². The number of nitrogens with one attached hydrogen (secondary N) is 1. The Bertz CT molecular complexity index is 1610. The lowest BCUT2D eigenvalue weighted by Crippen LogP contribution is -2.17. The molecule has 0 aliphatic carbocycles. The van der Waals surface area contributed by atoms with E-state index in [1.165, 1.54) is 46.2 Å². The molecule has 0 aliphatic rings. The van der Waals surface area contributed by atoms with Gasteiger partial charge in [0.05, 0.1) is 27.9 Å². The molecule has 0 atom stereocenters. The van der Waals surface area contributed by atoms with Crippen molar-refractivity contribution in [2.75, 3.05) is 5.32 Å². The van der Waals surface area contributed by atoms with Crippen molar-refractivity contribution in [1.82, 2.24) is 29.5 Å². The van der Waals surface area contributed by atoms with Crippen LogP contribution in [-0.2, 0) is 0 Å². The van der Waals surface area contributed by atoms with Crippen molar-refractivity contribution in [3.63, 3.8) is 0 Å². The largest absolute Gasteiger partial charge is 0.306 e. The zero-order valence-electron chi connectivity index (χ0n) is 17.9. The third kappa shape index (κ3) is 4.06. The lowest BCUT2D eigenvalue weighted by atomic mass is 10.1. The Morgan fingerprint density at radius 3 is 2.63 bits per heavy atom. The third-order valence-electron chi connectivity index (χ3n) is 5.09. The molecule has 1 amide bonds. The Labute approximate surface area is 201 Å². The SMILES string of the molecule is Cc1cc(NC(=O)c2cc(Cl)ccc2[N+](=O)[O-])n(-c2ncnc3c2cnn3-c2ccc(F)cc2)n1. The fourth-order valence-electron chi connectivity index (χ4n) is 3.55. The Hall–Kier alpha value is -4.71. The van der Waals surface area contributed by atoms with Gasteiger partial charge in [-0.05, 0) is 43.3 Å². The van der Waals surface area contributed by atoms with Gasteiger partial charge in [0.1, 0.15) is 23.5 Å². The molecule has 0 aliphatic heterocycles. The number of carbonyl (C=O) groups excluding carboxylic acids is 1. The van der Waals surface area contributed by atoms with E-state index >= 15 is 0 Å². The maximum atomic E-state index is 13.3. The van der Waals surface area contributed by atoms with Crippen molar-refractivity contribution in [2.24, 2.45) is 0 Å². The molecule has 0 saturated heterocycles. The number of hydrogen-bond acceptors (Lipinski definition) is 7. The van der Waals surface area contributed by atoms with E-state index in [4.69, 9.17) is 11.6 Å². The van der Waals surface area contributed by atoms with Crippen LogP contribution in [0.1, 0.15) is 16.1 Å². The molecule has 0 fully saturated rings. The van der Waals surface area contributed by atoms with Gasteiger partial charge in [0, 0.05) is 17.2 Å². The molecule has 0 bridgehead atoms. The van der Waals surface area contributed by atoms with Crippen molar-refractivity contribution < 1.29 is 14.1 Å². The summed E-state index contributed by atoms with van der Waals surface area (Å²) in [7, 11) is 0. The number of anilines is 1. The van der Waals surface area contributed by atoms with Crippen molar-refractivity contribution in [3.8, 4) is 11.5 Å². The highest BCUT2D eigenvalue weighted by molar-refractivity contribution is 6.31. The number of hydrogen-bond donors (Lipinski definition) is 1. The summed E-state index contributed by atoms with van der Waals surface area (Å²) in [6, 6.07) is 11.1. The van der Waals surface area contributed by atoms with Crippen LogP contribution in [0.2, 0.25) is 5.02 Å². The van der Waals surface area contributed by atoms with Crippen LogP contribution in [0.3, 0.4) is 0 Å². The number of aryl methyl sites for hydroxylation is 1. The first-order chi connectivity index (χ1) is 16.8. The first-order valence-corrected chi connectivity index (χ1v) is 10.5. The normalized spacial score (nSPS) is 11.1. The highest BCUT2D eigenvalue weighted by Gasteiger charge is 2.23. The van der Waals surface area contributed by atoms with E-state index in [1.807, 2.05) is 0 Å². The fraction of sp³-hybridized carbons (Fsp3) is 0.0455. The lowest BCUT2D eigenvalue weighted by molar-refractivity contribution is -0.385. The Kier molecular flexibility index (Phi) is 5.41. The summed E-state index contributed by atoms with van der Waals surface area (Å²) >= 11 is 5.96. The van der Waals surface area contributed by atoms with Gasteiger partial charge in [0.2, 0.25) is 0 Å². The number of nitro groups is 1. The average Bonchev–Trinajstić information content (AvgIpc) is 3.42. The van der Waals surface area contributed by atoms with Crippen LogP contribution in [0.15, 0.2) is 61.1 Å². The first kappa shape index (κ1) is 22.1. The van der Waals surface area contributed by atoms with Crippen LogP contribution >= 0.6 is 11.6 Å². The molecular formula is C22H14ClFN8O3. The van der Waals surface area contributed by atoms with Gasteiger partial charge in [0.25, 0.3) is 11.6 Å². The number of rotatable bonds is 5. The summed E-state index contributed by atoms with van der Waals surface area (Å²) in [5.74, 6) is -0.593. The number of halogens is 2. The average molecular weight is 493 g/mol. The summed E-state index contributed by atoms with van der Waals surface area (Å²) in [6.07, 6.45) is 2.84. The molecule has 0 unspecified atom stereocenters. The summed E-state index contributed by atoms with van der Waals surface area (Å²) in [4.78, 5) is 32.3. The van der Waals surface area contributed by atoms with Gasteiger partial charge < -0.3 is 5.32 Å². The molecule has 3 heterocycles. The van der Waals surface area contributed by atoms with Crippen molar-refractivity contribution in [2.45, 2.75) is 6.92 Å². The summed E-state index contributed by atoms with van der Waals surface area (Å²) in [5, 5.41) is 23.5. The molecule has 0 saturated carbocycles. The number of amides is 1. The van der Waals surface area contributed by atoms with E-state index in [-0.39, 0.29) is 27.9 Å². The third-order valence-corrected chi connectivity index (χ3v) is 5.32.